The Hall–Kier alpha value is -1.00. The number of aromatic nitrogens is 2. The maximum Gasteiger partial charge on any atom is 0.159 e. The quantitative estimate of drug-likeness (QED) is 0.799. The van der Waals surface area contributed by atoms with Gasteiger partial charge in [-0.05, 0) is 27.3 Å². The van der Waals surface area contributed by atoms with Gasteiger partial charge in [0.05, 0.1) is 0 Å². The SMILES string of the molecule is CCNCc1cnc(C(C)(C)OCC)nc1. The Kier molecular flexibility index (Phi) is 4.83. The second-order valence-corrected chi connectivity index (χ2v) is 4.14. The zero-order valence-corrected chi connectivity index (χ0v) is 10.6. The summed E-state index contributed by atoms with van der Waals surface area (Å²) in [5.74, 6) is 0.731. The average Bonchev–Trinajstić information content (AvgIpc) is 2.27. The second kappa shape index (κ2) is 5.92. The summed E-state index contributed by atoms with van der Waals surface area (Å²) in [5, 5.41) is 3.24. The molecule has 0 atom stereocenters. The Balaban J connectivity index is 2.70. The maximum atomic E-state index is 5.60. The molecule has 1 aromatic rings. The molecule has 0 saturated heterocycles. The van der Waals surface area contributed by atoms with Crippen LogP contribution in [0.1, 0.15) is 39.1 Å². The molecule has 0 unspecified atom stereocenters. The van der Waals surface area contributed by atoms with Gasteiger partial charge in [-0.2, -0.15) is 0 Å². The number of ether oxygens (including phenoxy) is 1. The van der Waals surface area contributed by atoms with Crippen molar-refractivity contribution in [1.82, 2.24) is 15.3 Å². The minimum Gasteiger partial charge on any atom is -0.368 e. The van der Waals surface area contributed by atoms with Crippen LogP contribution in [0.2, 0.25) is 0 Å². The van der Waals surface area contributed by atoms with E-state index in [4.69, 9.17) is 4.74 Å². The van der Waals surface area contributed by atoms with E-state index in [1.165, 1.54) is 0 Å². The number of hydrogen-bond donors (Lipinski definition) is 1. The van der Waals surface area contributed by atoms with E-state index >= 15 is 0 Å². The van der Waals surface area contributed by atoms with Crippen LogP contribution < -0.4 is 5.32 Å². The van der Waals surface area contributed by atoms with Gasteiger partial charge in [0.2, 0.25) is 0 Å². The first-order valence-electron chi connectivity index (χ1n) is 5.76. The first-order valence-corrected chi connectivity index (χ1v) is 5.76. The summed E-state index contributed by atoms with van der Waals surface area (Å²) in [5.41, 5.74) is 0.684. The minimum absolute atomic E-state index is 0.411. The fourth-order valence-electron chi connectivity index (χ4n) is 1.45. The lowest BCUT2D eigenvalue weighted by Gasteiger charge is -2.22. The maximum absolute atomic E-state index is 5.60. The van der Waals surface area contributed by atoms with Gasteiger partial charge in [-0.3, -0.25) is 0 Å². The first-order chi connectivity index (χ1) is 7.60. The van der Waals surface area contributed by atoms with E-state index in [9.17, 15) is 0 Å². The Morgan fingerprint density at radius 1 is 1.25 bits per heavy atom. The van der Waals surface area contributed by atoms with Crippen LogP contribution in [0.3, 0.4) is 0 Å². The third kappa shape index (κ3) is 3.54. The number of nitrogens with one attached hydrogen (secondary N) is 1. The molecule has 0 aliphatic carbocycles. The van der Waals surface area contributed by atoms with Crippen LogP contribution in [0.25, 0.3) is 0 Å². The lowest BCUT2D eigenvalue weighted by atomic mass is 10.1. The summed E-state index contributed by atoms with van der Waals surface area (Å²) < 4.78 is 5.60. The van der Waals surface area contributed by atoms with Gasteiger partial charge >= 0.3 is 0 Å². The standard InChI is InChI=1S/C12H21N3O/c1-5-13-7-10-8-14-11(15-9-10)12(3,4)16-6-2/h8-9,13H,5-7H2,1-4H3. The average molecular weight is 223 g/mol. The predicted molar refractivity (Wildman–Crippen MR) is 64.1 cm³/mol. The largest absolute Gasteiger partial charge is 0.368 e. The predicted octanol–water partition coefficient (Wildman–Crippen LogP) is 1.86. The molecule has 1 rings (SSSR count). The monoisotopic (exact) mass is 223 g/mol. The van der Waals surface area contributed by atoms with E-state index < -0.39 is 5.60 Å². The normalized spacial score (nSPS) is 11.8. The first kappa shape index (κ1) is 13.1. The molecule has 0 amide bonds. The Labute approximate surface area is 97.5 Å². The molecule has 90 valence electrons. The molecule has 16 heavy (non-hydrogen) atoms. The van der Waals surface area contributed by atoms with Gasteiger partial charge in [0.1, 0.15) is 5.60 Å². The van der Waals surface area contributed by atoms with E-state index in [1.54, 1.807) is 0 Å². The molecule has 0 fully saturated rings. The Morgan fingerprint density at radius 3 is 2.38 bits per heavy atom. The molecule has 0 aliphatic rings. The van der Waals surface area contributed by atoms with E-state index in [0.29, 0.717) is 6.61 Å². The van der Waals surface area contributed by atoms with Crippen LogP contribution in [-0.2, 0) is 16.9 Å². The summed E-state index contributed by atoms with van der Waals surface area (Å²) in [6.07, 6.45) is 3.71. The second-order valence-electron chi connectivity index (χ2n) is 4.14. The molecule has 4 heteroatoms. The van der Waals surface area contributed by atoms with Crippen LogP contribution in [0, 0.1) is 0 Å². The molecular formula is C12H21N3O. The summed E-state index contributed by atoms with van der Waals surface area (Å²) >= 11 is 0. The summed E-state index contributed by atoms with van der Waals surface area (Å²) in [6.45, 7) is 10.4. The number of nitrogens with zero attached hydrogens (tertiary/aromatic N) is 2. The molecule has 0 radical (unpaired) electrons. The van der Waals surface area contributed by atoms with Gasteiger partial charge in [-0.15, -0.1) is 0 Å². The van der Waals surface area contributed by atoms with Gasteiger partial charge in [-0.1, -0.05) is 6.92 Å². The summed E-state index contributed by atoms with van der Waals surface area (Å²) in [7, 11) is 0. The fourth-order valence-corrected chi connectivity index (χ4v) is 1.45. The molecule has 0 bridgehead atoms. The highest BCUT2D eigenvalue weighted by Crippen LogP contribution is 2.20. The van der Waals surface area contributed by atoms with Crippen LogP contribution in [0.4, 0.5) is 0 Å². The van der Waals surface area contributed by atoms with E-state index in [2.05, 4.69) is 22.2 Å². The molecule has 1 heterocycles. The zero-order chi connectivity index (χ0) is 12.0. The van der Waals surface area contributed by atoms with Crippen molar-refractivity contribution in [2.45, 2.75) is 39.8 Å². The van der Waals surface area contributed by atoms with E-state index in [1.807, 2.05) is 33.2 Å². The van der Waals surface area contributed by atoms with Gasteiger partial charge in [0.25, 0.3) is 0 Å². The molecule has 0 aromatic carbocycles. The van der Waals surface area contributed by atoms with Gasteiger partial charge < -0.3 is 10.1 Å². The lowest BCUT2D eigenvalue weighted by molar-refractivity contribution is -0.0208. The topological polar surface area (TPSA) is 47.0 Å². The van der Waals surface area contributed by atoms with Crippen molar-refractivity contribution in [3.8, 4) is 0 Å². The fraction of sp³-hybridized carbons (Fsp3) is 0.667. The third-order valence-electron chi connectivity index (χ3n) is 2.33. The highest BCUT2D eigenvalue weighted by molar-refractivity contribution is 5.08. The smallest absolute Gasteiger partial charge is 0.159 e. The van der Waals surface area contributed by atoms with Crippen LogP contribution in [0.15, 0.2) is 12.4 Å². The van der Waals surface area contributed by atoms with Gasteiger partial charge in [0, 0.05) is 31.1 Å². The van der Waals surface area contributed by atoms with Gasteiger partial charge in [0.15, 0.2) is 5.82 Å². The molecular weight excluding hydrogens is 202 g/mol. The van der Waals surface area contributed by atoms with Crippen molar-refractivity contribution in [3.63, 3.8) is 0 Å². The number of hydrogen-bond acceptors (Lipinski definition) is 4. The van der Waals surface area contributed by atoms with E-state index in [0.717, 1.165) is 24.5 Å². The lowest BCUT2D eigenvalue weighted by Crippen LogP contribution is -2.25. The van der Waals surface area contributed by atoms with Gasteiger partial charge in [-0.25, -0.2) is 9.97 Å². The third-order valence-corrected chi connectivity index (χ3v) is 2.33. The van der Waals surface area contributed by atoms with Crippen LogP contribution in [0.5, 0.6) is 0 Å². The zero-order valence-electron chi connectivity index (χ0n) is 10.6. The van der Waals surface area contributed by atoms with E-state index in [-0.39, 0.29) is 0 Å². The minimum atomic E-state index is -0.411. The molecule has 1 N–H and O–H groups in total. The molecule has 0 aliphatic heterocycles. The van der Waals surface area contributed by atoms with Crippen molar-refractivity contribution in [2.75, 3.05) is 13.2 Å². The van der Waals surface area contributed by atoms with Crippen molar-refractivity contribution >= 4 is 0 Å². The molecule has 0 saturated carbocycles. The van der Waals surface area contributed by atoms with Crippen molar-refractivity contribution < 1.29 is 4.74 Å². The van der Waals surface area contributed by atoms with Crippen molar-refractivity contribution in [2.24, 2.45) is 0 Å². The summed E-state index contributed by atoms with van der Waals surface area (Å²) in [4.78, 5) is 8.69. The summed E-state index contributed by atoms with van der Waals surface area (Å²) in [6, 6.07) is 0. The van der Waals surface area contributed by atoms with Crippen molar-refractivity contribution in [1.29, 1.82) is 0 Å². The molecule has 1 aromatic heterocycles. The Bertz CT molecular complexity index is 309. The van der Waals surface area contributed by atoms with Crippen LogP contribution in [-0.4, -0.2) is 23.1 Å². The highest BCUT2D eigenvalue weighted by Gasteiger charge is 2.23. The Morgan fingerprint density at radius 2 is 1.88 bits per heavy atom. The van der Waals surface area contributed by atoms with Crippen LogP contribution >= 0.6 is 0 Å². The number of rotatable bonds is 6. The molecule has 4 nitrogen and oxygen atoms in total. The van der Waals surface area contributed by atoms with Crippen molar-refractivity contribution in [3.05, 3.63) is 23.8 Å². The highest BCUT2D eigenvalue weighted by atomic mass is 16.5. The molecule has 0 spiro atoms.